The van der Waals surface area contributed by atoms with Gasteiger partial charge in [-0.3, -0.25) is 24.3 Å². The van der Waals surface area contributed by atoms with Gasteiger partial charge in [-0.25, -0.2) is 13.5 Å². The fourth-order valence-corrected chi connectivity index (χ4v) is 2.47. The molecule has 0 saturated carbocycles. The minimum absolute atomic E-state index is 0.118. The summed E-state index contributed by atoms with van der Waals surface area (Å²) in [4.78, 5) is 48.0. The molecule has 0 aliphatic carbocycles. The molecule has 0 radical (unpaired) electrons. The van der Waals surface area contributed by atoms with Crippen LogP contribution >= 0.6 is 0 Å². The Kier molecular flexibility index (Phi) is 4.93. The molecule has 2 aromatic carbocycles. The minimum atomic E-state index is -1.01. The Bertz CT molecular complexity index is 1170. The van der Waals surface area contributed by atoms with Crippen LogP contribution < -0.4 is 11.1 Å². The van der Waals surface area contributed by atoms with Gasteiger partial charge >= 0.3 is 5.97 Å². The SMILES string of the molecule is O=C(Cn1[nH]c(=O)c2ccccc2c1=O)OCC(=O)c1cc(F)ccc1F. The number of nitrogens with one attached hydrogen (secondary N) is 1. The molecular formula is C18H12F2N2O5. The van der Waals surface area contributed by atoms with Crippen LogP contribution in [0.3, 0.4) is 0 Å². The molecule has 7 nitrogen and oxygen atoms in total. The average molecular weight is 374 g/mol. The highest BCUT2D eigenvalue weighted by Gasteiger charge is 2.16. The van der Waals surface area contributed by atoms with Crippen molar-refractivity contribution in [3.05, 3.63) is 80.4 Å². The molecule has 1 aromatic heterocycles. The number of benzene rings is 2. The van der Waals surface area contributed by atoms with Crippen LogP contribution in [-0.4, -0.2) is 28.1 Å². The first-order valence-electron chi connectivity index (χ1n) is 7.72. The Morgan fingerprint density at radius 2 is 1.74 bits per heavy atom. The number of carbonyl (C=O) groups is 2. The summed E-state index contributed by atoms with van der Waals surface area (Å²) in [6, 6.07) is 8.38. The Labute approximate surface area is 149 Å². The fourth-order valence-electron chi connectivity index (χ4n) is 2.47. The van der Waals surface area contributed by atoms with Crippen molar-refractivity contribution in [2.45, 2.75) is 6.54 Å². The van der Waals surface area contributed by atoms with Gasteiger partial charge in [0.25, 0.3) is 11.1 Å². The molecule has 0 unspecified atom stereocenters. The van der Waals surface area contributed by atoms with Gasteiger partial charge < -0.3 is 4.74 Å². The highest BCUT2D eigenvalue weighted by Crippen LogP contribution is 2.10. The zero-order valence-electron chi connectivity index (χ0n) is 13.7. The number of rotatable bonds is 5. The average Bonchev–Trinajstić information content (AvgIpc) is 2.66. The lowest BCUT2D eigenvalue weighted by atomic mass is 10.1. The second-order valence-corrected chi connectivity index (χ2v) is 5.59. The molecule has 0 bridgehead atoms. The van der Waals surface area contributed by atoms with Gasteiger partial charge in [0.05, 0.1) is 16.3 Å². The maximum Gasteiger partial charge on any atom is 0.328 e. The summed E-state index contributed by atoms with van der Waals surface area (Å²) >= 11 is 0. The summed E-state index contributed by atoms with van der Waals surface area (Å²) < 4.78 is 32.1. The van der Waals surface area contributed by atoms with E-state index in [0.717, 1.165) is 16.8 Å². The van der Waals surface area contributed by atoms with E-state index in [1.54, 1.807) is 12.1 Å². The summed E-state index contributed by atoms with van der Waals surface area (Å²) in [5, 5.41) is 2.53. The smallest absolute Gasteiger partial charge is 0.328 e. The first-order valence-corrected chi connectivity index (χ1v) is 7.72. The predicted octanol–water partition coefficient (Wildman–Crippen LogP) is 1.39. The van der Waals surface area contributed by atoms with Crippen molar-refractivity contribution in [1.82, 2.24) is 9.78 Å². The number of fused-ring (bicyclic) bond motifs is 1. The minimum Gasteiger partial charge on any atom is -0.456 e. The van der Waals surface area contributed by atoms with Crippen LogP contribution in [0.4, 0.5) is 8.78 Å². The highest BCUT2D eigenvalue weighted by atomic mass is 19.1. The quantitative estimate of drug-likeness (QED) is 0.538. The van der Waals surface area contributed by atoms with Gasteiger partial charge in [-0.1, -0.05) is 12.1 Å². The van der Waals surface area contributed by atoms with Gasteiger partial charge in [-0.05, 0) is 30.3 Å². The molecule has 1 N–H and O–H groups in total. The predicted molar refractivity (Wildman–Crippen MR) is 90.5 cm³/mol. The Hall–Kier alpha value is -3.62. The number of nitrogens with zero attached hydrogens (tertiary/aromatic N) is 1. The van der Waals surface area contributed by atoms with E-state index in [1.807, 2.05) is 0 Å². The van der Waals surface area contributed by atoms with E-state index in [9.17, 15) is 28.0 Å². The normalized spacial score (nSPS) is 10.7. The van der Waals surface area contributed by atoms with Gasteiger partial charge in [-0.2, -0.15) is 0 Å². The van der Waals surface area contributed by atoms with Crippen LogP contribution in [0.25, 0.3) is 10.8 Å². The molecule has 0 aliphatic rings. The van der Waals surface area contributed by atoms with Gasteiger partial charge in [0.15, 0.2) is 6.61 Å². The van der Waals surface area contributed by atoms with Crippen LogP contribution in [0.5, 0.6) is 0 Å². The Morgan fingerprint density at radius 1 is 1.04 bits per heavy atom. The molecule has 0 spiro atoms. The number of Topliss-reactive ketones (excluding diaryl/α,β-unsaturated/α-hetero) is 1. The lowest BCUT2D eigenvalue weighted by Crippen LogP contribution is -2.33. The number of ether oxygens (including phenoxy) is 1. The number of H-pyrrole nitrogens is 1. The van der Waals surface area contributed by atoms with E-state index >= 15 is 0 Å². The largest absolute Gasteiger partial charge is 0.456 e. The molecule has 27 heavy (non-hydrogen) atoms. The molecule has 3 rings (SSSR count). The Morgan fingerprint density at radius 3 is 2.48 bits per heavy atom. The lowest BCUT2D eigenvalue weighted by Gasteiger charge is -2.08. The number of aromatic nitrogens is 2. The topological polar surface area (TPSA) is 98.2 Å². The molecule has 9 heteroatoms. The van der Waals surface area contributed by atoms with Crippen LogP contribution in [0.2, 0.25) is 0 Å². The number of aromatic amines is 1. The molecule has 0 fully saturated rings. The van der Waals surface area contributed by atoms with Crippen LogP contribution in [0, 0.1) is 11.6 Å². The first kappa shape index (κ1) is 18.2. The number of esters is 1. The van der Waals surface area contributed by atoms with Crippen LogP contribution in [-0.2, 0) is 16.1 Å². The van der Waals surface area contributed by atoms with Crippen molar-refractivity contribution in [3.8, 4) is 0 Å². The van der Waals surface area contributed by atoms with Crippen LogP contribution in [0.15, 0.2) is 52.1 Å². The highest BCUT2D eigenvalue weighted by molar-refractivity contribution is 5.98. The third-order valence-electron chi connectivity index (χ3n) is 3.76. The molecule has 0 amide bonds. The molecule has 3 aromatic rings. The third-order valence-corrected chi connectivity index (χ3v) is 3.76. The van der Waals surface area contributed by atoms with Crippen molar-refractivity contribution < 1.29 is 23.1 Å². The van der Waals surface area contributed by atoms with Gasteiger partial charge in [0, 0.05) is 0 Å². The number of hydrogen-bond acceptors (Lipinski definition) is 5. The van der Waals surface area contributed by atoms with Crippen LogP contribution in [0.1, 0.15) is 10.4 Å². The summed E-state index contributed by atoms with van der Waals surface area (Å²) in [6.07, 6.45) is 0. The van der Waals surface area contributed by atoms with E-state index in [4.69, 9.17) is 4.74 Å². The van der Waals surface area contributed by atoms with E-state index < -0.39 is 53.2 Å². The molecule has 0 aliphatic heterocycles. The summed E-state index contributed by atoms with van der Waals surface area (Å²) in [5.41, 5.74) is -1.75. The van der Waals surface area contributed by atoms with Crippen molar-refractivity contribution in [2.75, 3.05) is 6.61 Å². The van der Waals surface area contributed by atoms with Crippen molar-refractivity contribution in [3.63, 3.8) is 0 Å². The van der Waals surface area contributed by atoms with E-state index in [0.29, 0.717) is 6.07 Å². The maximum atomic E-state index is 13.5. The van der Waals surface area contributed by atoms with Crippen molar-refractivity contribution in [1.29, 1.82) is 0 Å². The van der Waals surface area contributed by atoms with Gasteiger partial charge in [0.1, 0.15) is 18.2 Å². The lowest BCUT2D eigenvalue weighted by molar-refractivity contribution is -0.143. The maximum absolute atomic E-state index is 13.5. The van der Waals surface area contributed by atoms with Gasteiger partial charge in [-0.15, -0.1) is 0 Å². The van der Waals surface area contributed by atoms with E-state index in [1.165, 1.54) is 12.1 Å². The second-order valence-electron chi connectivity index (χ2n) is 5.59. The molecular weight excluding hydrogens is 362 g/mol. The van der Waals surface area contributed by atoms with Gasteiger partial charge in [0.2, 0.25) is 5.78 Å². The summed E-state index contributed by atoms with van der Waals surface area (Å²) in [5.74, 6) is -3.72. The second kappa shape index (κ2) is 7.32. The number of hydrogen-bond donors (Lipinski definition) is 1. The van der Waals surface area contributed by atoms with E-state index in [-0.39, 0.29) is 10.8 Å². The molecule has 0 atom stereocenters. The van der Waals surface area contributed by atoms with E-state index in [2.05, 4.69) is 5.10 Å². The standard InChI is InChI=1S/C18H12F2N2O5/c19-10-5-6-14(20)13(7-10)15(23)9-27-16(24)8-22-18(26)12-4-2-1-3-11(12)17(25)21-22/h1-7H,8-9H2,(H,21,25). The fraction of sp³-hybridized carbons (Fsp3) is 0.111. The number of ketones is 1. The number of halogens is 2. The molecule has 138 valence electrons. The van der Waals surface area contributed by atoms with Crippen molar-refractivity contribution >= 4 is 22.5 Å². The third kappa shape index (κ3) is 3.81. The van der Waals surface area contributed by atoms with Crippen molar-refractivity contribution in [2.24, 2.45) is 0 Å². The summed E-state index contributed by atoms with van der Waals surface area (Å²) in [6.45, 7) is -1.50. The number of carbonyl (C=O) groups excluding carboxylic acids is 2. The zero-order valence-corrected chi connectivity index (χ0v) is 13.7. The first-order chi connectivity index (χ1) is 12.9. The monoisotopic (exact) mass is 374 g/mol. The summed E-state index contributed by atoms with van der Waals surface area (Å²) in [7, 11) is 0. The Balaban J connectivity index is 1.73. The zero-order chi connectivity index (χ0) is 19.6. The molecule has 0 saturated heterocycles. The molecule has 1 heterocycles.